The van der Waals surface area contributed by atoms with E-state index in [2.05, 4.69) is 4.98 Å². The molecule has 0 aliphatic rings. The van der Waals surface area contributed by atoms with Crippen molar-refractivity contribution in [2.45, 2.75) is 13.0 Å². The van der Waals surface area contributed by atoms with Crippen molar-refractivity contribution in [1.82, 2.24) is 9.88 Å². The smallest absolute Gasteiger partial charge is 0.273 e. The number of hydrogen-bond acceptors (Lipinski definition) is 5. The van der Waals surface area contributed by atoms with Gasteiger partial charge in [-0.25, -0.2) is 4.98 Å². The van der Waals surface area contributed by atoms with Crippen molar-refractivity contribution in [3.63, 3.8) is 0 Å². The van der Waals surface area contributed by atoms with E-state index < -0.39 is 0 Å². The third kappa shape index (κ3) is 4.43. The van der Waals surface area contributed by atoms with Crippen molar-refractivity contribution in [3.8, 4) is 5.75 Å². The molecule has 0 spiro atoms. The molecule has 2 rings (SSSR count). The Bertz CT molecular complexity index is 618. The third-order valence-electron chi connectivity index (χ3n) is 3.20. The Morgan fingerprint density at radius 2 is 2.14 bits per heavy atom. The molecule has 1 heterocycles. The molecule has 0 radical (unpaired) electrons. The van der Waals surface area contributed by atoms with Crippen LogP contribution in [0.1, 0.15) is 21.1 Å². The van der Waals surface area contributed by atoms with Crippen molar-refractivity contribution in [1.29, 1.82) is 0 Å². The van der Waals surface area contributed by atoms with Gasteiger partial charge in [0.05, 0.1) is 7.11 Å². The number of likely N-dealkylation sites (N-methyl/N-ethyl adjacent to an activating group) is 1. The fourth-order valence-electron chi connectivity index (χ4n) is 2.00. The lowest BCUT2D eigenvalue weighted by Crippen LogP contribution is -2.29. The van der Waals surface area contributed by atoms with Gasteiger partial charge in [0.1, 0.15) is 16.5 Å². The van der Waals surface area contributed by atoms with E-state index in [1.165, 1.54) is 11.3 Å². The largest absolute Gasteiger partial charge is 0.496 e. The molecule has 2 N–H and O–H groups in total. The topological polar surface area (TPSA) is 68.5 Å². The van der Waals surface area contributed by atoms with Gasteiger partial charge in [-0.05, 0) is 18.1 Å². The molecule has 0 saturated heterocycles. The van der Waals surface area contributed by atoms with Crippen LogP contribution in [0.15, 0.2) is 29.6 Å². The second-order valence-electron chi connectivity index (χ2n) is 4.62. The molecule has 5 nitrogen and oxygen atoms in total. The van der Waals surface area contributed by atoms with Gasteiger partial charge in [0.15, 0.2) is 0 Å². The van der Waals surface area contributed by atoms with Crippen LogP contribution in [0.5, 0.6) is 5.75 Å². The van der Waals surface area contributed by atoms with Crippen LogP contribution in [-0.2, 0) is 13.0 Å². The van der Waals surface area contributed by atoms with Crippen molar-refractivity contribution in [3.05, 3.63) is 45.9 Å². The lowest BCUT2D eigenvalue weighted by molar-refractivity contribution is 0.0791. The van der Waals surface area contributed by atoms with E-state index >= 15 is 0 Å². The summed E-state index contributed by atoms with van der Waals surface area (Å²) in [4.78, 5) is 18.1. The van der Waals surface area contributed by atoms with Crippen LogP contribution in [0.3, 0.4) is 0 Å². The number of thiazole rings is 1. The molecule has 0 fully saturated rings. The predicted octanol–water partition coefficient (Wildman–Crippen LogP) is 2.35. The van der Waals surface area contributed by atoms with Crippen LogP contribution in [0.4, 0.5) is 0 Å². The second kappa shape index (κ2) is 8.73. The zero-order chi connectivity index (χ0) is 15.2. The first-order valence-electron chi connectivity index (χ1n) is 6.67. The molecule has 1 aromatic heterocycles. The number of amides is 1. The first-order chi connectivity index (χ1) is 10.2. The number of ether oxygens (including phenoxy) is 1. The van der Waals surface area contributed by atoms with Crippen molar-refractivity contribution in [2.75, 3.05) is 20.7 Å². The second-order valence-corrected chi connectivity index (χ2v) is 5.56. The van der Waals surface area contributed by atoms with Gasteiger partial charge in [-0.15, -0.1) is 23.7 Å². The number of carbonyl (C=O) groups is 1. The van der Waals surface area contributed by atoms with Crippen LogP contribution >= 0.6 is 23.7 Å². The minimum atomic E-state index is -0.0825. The Morgan fingerprint density at radius 3 is 2.77 bits per heavy atom. The maximum Gasteiger partial charge on any atom is 0.273 e. The lowest BCUT2D eigenvalue weighted by atomic mass is 10.1. The van der Waals surface area contributed by atoms with Gasteiger partial charge in [-0.3, -0.25) is 4.79 Å². The number of rotatable bonds is 6. The molecule has 0 saturated carbocycles. The first kappa shape index (κ1) is 18.4. The van der Waals surface area contributed by atoms with Crippen molar-refractivity contribution in [2.24, 2.45) is 5.73 Å². The Kier molecular flexibility index (Phi) is 7.31. The summed E-state index contributed by atoms with van der Waals surface area (Å²) >= 11 is 1.41. The fourth-order valence-corrected chi connectivity index (χ4v) is 2.65. The third-order valence-corrected chi connectivity index (χ3v) is 4.07. The maximum absolute atomic E-state index is 12.2. The van der Waals surface area contributed by atoms with Crippen molar-refractivity contribution >= 4 is 29.7 Å². The van der Waals surface area contributed by atoms with Gasteiger partial charge in [0, 0.05) is 25.5 Å². The molecule has 0 atom stereocenters. The van der Waals surface area contributed by atoms with E-state index in [0.29, 0.717) is 18.8 Å². The van der Waals surface area contributed by atoms with Gasteiger partial charge < -0.3 is 15.4 Å². The number of methoxy groups -OCH3 is 1. The number of nitrogens with zero attached hydrogens (tertiary/aromatic N) is 2. The monoisotopic (exact) mass is 341 g/mol. The molecule has 0 aliphatic carbocycles. The number of para-hydroxylation sites is 1. The summed E-state index contributed by atoms with van der Waals surface area (Å²) in [6.07, 6.45) is 0.736. The molecule has 0 bridgehead atoms. The van der Waals surface area contributed by atoms with Gasteiger partial charge in [-0.1, -0.05) is 18.2 Å². The van der Waals surface area contributed by atoms with Crippen LogP contribution in [0.25, 0.3) is 0 Å². The van der Waals surface area contributed by atoms with E-state index in [1.54, 1.807) is 24.4 Å². The summed E-state index contributed by atoms with van der Waals surface area (Å²) in [5.41, 5.74) is 7.06. The molecule has 120 valence electrons. The number of hydrogen-bond donors (Lipinski definition) is 1. The molecule has 7 heteroatoms. The highest BCUT2D eigenvalue weighted by Crippen LogP contribution is 2.18. The molecular weight excluding hydrogens is 322 g/mol. The quantitative estimate of drug-likeness (QED) is 0.875. The number of aromatic nitrogens is 1. The number of carbonyl (C=O) groups excluding carboxylic acids is 1. The highest BCUT2D eigenvalue weighted by molar-refractivity contribution is 7.09. The first-order valence-corrected chi connectivity index (χ1v) is 7.55. The minimum Gasteiger partial charge on any atom is -0.496 e. The van der Waals surface area contributed by atoms with Gasteiger partial charge in [0.25, 0.3) is 5.91 Å². The summed E-state index contributed by atoms with van der Waals surface area (Å²) in [6, 6.07) is 7.83. The summed E-state index contributed by atoms with van der Waals surface area (Å²) in [5.74, 6) is 0.762. The minimum absolute atomic E-state index is 0. The van der Waals surface area contributed by atoms with E-state index in [-0.39, 0.29) is 18.3 Å². The van der Waals surface area contributed by atoms with Crippen molar-refractivity contribution < 1.29 is 9.53 Å². The Morgan fingerprint density at radius 1 is 1.41 bits per heavy atom. The number of halogens is 1. The predicted molar refractivity (Wildman–Crippen MR) is 90.9 cm³/mol. The van der Waals surface area contributed by atoms with E-state index in [0.717, 1.165) is 22.7 Å². The summed E-state index contributed by atoms with van der Waals surface area (Å²) in [7, 11) is 3.43. The Labute approximate surface area is 140 Å². The molecule has 0 unspecified atom stereocenters. The van der Waals surface area contributed by atoms with Gasteiger partial charge in [-0.2, -0.15) is 0 Å². The number of nitrogens with two attached hydrogens (primary N) is 1. The standard InChI is InChI=1S/C15H19N3O2S.ClH/c1-18(15(19)12-10-21-14(9-16)17-12)8-7-11-5-3-4-6-13(11)20-2;/h3-6,10H,7-9,16H2,1-2H3;1H. The molecule has 1 amide bonds. The molecule has 2 aromatic rings. The zero-order valence-corrected chi connectivity index (χ0v) is 14.2. The molecule has 1 aromatic carbocycles. The average molecular weight is 342 g/mol. The highest BCUT2D eigenvalue weighted by Gasteiger charge is 2.15. The molecular formula is C15H20ClN3O2S. The van der Waals surface area contributed by atoms with E-state index in [4.69, 9.17) is 10.5 Å². The van der Waals surface area contributed by atoms with Crippen LogP contribution in [-0.4, -0.2) is 36.5 Å². The van der Waals surface area contributed by atoms with E-state index in [1.807, 2.05) is 24.3 Å². The molecule has 0 aliphatic heterocycles. The normalized spacial score (nSPS) is 9.95. The van der Waals surface area contributed by atoms with Crippen LogP contribution < -0.4 is 10.5 Å². The van der Waals surface area contributed by atoms with E-state index in [9.17, 15) is 4.79 Å². The molecule has 22 heavy (non-hydrogen) atoms. The fraction of sp³-hybridized carbons (Fsp3) is 0.333. The SMILES string of the molecule is COc1ccccc1CCN(C)C(=O)c1csc(CN)n1.Cl. The van der Waals surface area contributed by atoms with Crippen LogP contribution in [0.2, 0.25) is 0 Å². The Hall–Kier alpha value is -1.63. The van der Waals surface area contributed by atoms with Gasteiger partial charge >= 0.3 is 0 Å². The lowest BCUT2D eigenvalue weighted by Gasteiger charge is -2.16. The zero-order valence-electron chi connectivity index (χ0n) is 12.6. The summed E-state index contributed by atoms with van der Waals surface area (Å²) in [5, 5.41) is 2.53. The average Bonchev–Trinajstić information content (AvgIpc) is 3.01. The summed E-state index contributed by atoms with van der Waals surface area (Å²) < 4.78 is 5.31. The van der Waals surface area contributed by atoms with Crippen LogP contribution in [0, 0.1) is 0 Å². The Balaban J connectivity index is 0.00000242. The highest BCUT2D eigenvalue weighted by atomic mass is 35.5. The maximum atomic E-state index is 12.2. The number of benzene rings is 1. The summed E-state index contributed by atoms with van der Waals surface area (Å²) in [6.45, 7) is 0.970. The van der Waals surface area contributed by atoms with Gasteiger partial charge in [0.2, 0.25) is 0 Å².